The van der Waals surface area contributed by atoms with Crippen LogP contribution in [0.15, 0.2) is 23.2 Å². The number of nitrogens with one attached hydrogen (secondary N) is 2. The van der Waals surface area contributed by atoms with Gasteiger partial charge in [0.2, 0.25) is 0 Å². The van der Waals surface area contributed by atoms with Crippen LogP contribution in [0, 0.1) is 13.8 Å². The van der Waals surface area contributed by atoms with Gasteiger partial charge in [-0.3, -0.25) is 0 Å². The highest BCUT2D eigenvalue weighted by Crippen LogP contribution is 2.11. The summed E-state index contributed by atoms with van der Waals surface area (Å²) in [7, 11) is 0. The Hall–Kier alpha value is -1.16. The lowest BCUT2D eigenvalue weighted by Gasteiger charge is -2.11. The Morgan fingerprint density at radius 1 is 1.25 bits per heavy atom. The highest BCUT2D eigenvalue weighted by atomic mass is 32.2. The second kappa shape index (κ2) is 9.70. The molecule has 0 saturated heterocycles. The lowest BCUT2D eigenvalue weighted by Crippen LogP contribution is -2.37. The van der Waals surface area contributed by atoms with Crippen molar-refractivity contribution in [3.05, 3.63) is 34.9 Å². The molecule has 0 saturated carbocycles. The summed E-state index contributed by atoms with van der Waals surface area (Å²) in [6.07, 6.45) is 3.30. The molecule has 1 aromatic carbocycles. The van der Waals surface area contributed by atoms with Gasteiger partial charge in [0.1, 0.15) is 0 Å². The average Bonchev–Trinajstić information content (AvgIpc) is 2.42. The predicted octanol–water partition coefficient (Wildman–Crippen LogP) is 3.11. The molecule has 0 spiro atoms. The number of aryl methyl sites for hydroxylation is 2. The minimum absolute atomic E-state index is 0.726. The molecule has 4 heteroatoms. The molecule has 20 heavy (non-hydrogen) atoms. The third kappa shape index (κ3) is 6.33. The van der Waals surface area contributed by atoms with Gasteiger partial charge in [-0.25, -0.2) is 4.99 Å². The lowest BCUT2D eigenvalue weighted by molar-refractivity contribution is 0.789. The van der Waals surface area contributed by atoms with Crippen LogP contribution in [0.4, 0.5) is 0 Å². The van der Waals surface area contributed by atoms with E-state index in [1.807, 2.05) is 11.8 Å². The van der Waals surface area contributed by atoms with Crippen LogP contribution < -0.4 is 10.6 Å². The van der Waals surface area contributed by atoms with Crippen molar-refractivity contribution in [3.8, 4) is 0 Å². The average molecular weight is 293 g/mol. The van der Waals surface area contributed by atoms with Crippen molar-refractivity contribution in [2.24, 2.45) is 4.99 Å². The van der Waals surface area contributed by atoms with E-state index in [0.29, 0.717) is 0 Å². The molecule has 0 heterocycles. The highest BCUT2D eigenvalue weighted by Gasteiger charge is 2.00. The van der Waals surface area contributed by atoms with E-state index in [9.17, 15) is 0 Å². The maximum atomic E-state index is 4.66. The molecule has 0 aliphatic heterocycles. The number of nitrogens with zero attached hydrogens (tertiary/aromatic N) is 1. The molecule has 0 aliphatic rings. The van der Waals surface area contributed by atoms with Gasteiger partial charge in [-0.1, -0.05) is 23.8 Å². The molecule has 0 atom stereocenters. The Morgan fingerprint density at radius 3 is 2.70 bits per heavy atom. The fraction of sp³-hybridized carbons (Fsp3) is 0.562. The molecule has 0 aliphatic carbocycles. The fourth-order valence-electron chi connectivity index (χ4n) is 1.95. The van der Waals surface area contributed by atoms with Crippen LogP contribution in [0.1, 0.15) is 30.0 Å². The van der Waals surface area contributed by atoms with Gasteiger partial charge in [-0.15, -0.1) is 0 Å². The van der Waals surface area contributed by atoms with Gasteiger partial charge in [0.05, 0.1) is 6.54 Å². The summed E-state index contributed by atoms with van der Waals surface area (Å²) < 4.78 is 0. The standard InChI is InChI=1S/C16H27N3S/c1-5-17-16(18-9-6-10-20-4)19-12-15-8-7-13(2)11-14(15)3/h7-8,11H,5-6,9-10,12H2,1-4H3,(H2,17,18,19). The molecule has 3 nitrogen and oxygen atoms in total. The zero-order valence-corrected chi connectivity index (χ0v) is 13.9. The molecule has 112 valence electrons. The van der Waals surface area contributed by atoms with Crippen molar-refractivity contribution in [2.75, 3.05) is 25.1 Å². The number of benzene rings is 1. The number of guanidine groups is 1. The summed E-state index contributed by atoms with van der Waals surface area (Å²) in [6, 6.07) is 6.53. The van der Waals surface area contributed by atoms with Crippen molar-refractivity contribution in [2.45, 2.75) is 33.7 Å². The minimum Gasteiger partial charge on any atom is -0.357 e. The third-order valence-electron chi connectivity index (χ3n) is 3.07. The van der Waals surface area contributed by atoms with Crippen LogP contribution >= 0.6 is 11.8 Å². The molecule has 0 amide bonds. The quantitative estimate of drug-likeness (QED) is 0.461. The van der Waals surface area contributed by atoms with Crippen LogP contribution in [0.3, 0.4) is 0 Å². The van der Waals surface area contributed by atoms with Gasteiger partial charge < -0.3 is 10.6 Å². The molecule has 0 unspecified atom stereocenters. The Balaban J connectivity index is 2.56. The normalized spacial score (nSPS) is 11.5. The maximum Gasteiger partial charge on any atom is 0.191 e. The second-order valence-electron chi connectivity index (χ2n) is 4.90. The summed E-state index contributed by atoms with van der Waals surface area (Å²) >= 11 is 1.88. The van der Waals surface area contributed by atoms with Gasteiger partial charge in [0, 0.05) is 13.1 Å². The summed E-state index contributed by atoms with van der Waals surface area (Å²) in [5, 5.41) is 6.67. The van der Waals surface area contributed by atoms with E-state index in [-0.39, 0.29) is 0 Å². The molecular weight excluding hydrogens is 266 g/mol. The van der Waals surface area contributed by atoms with E-state index in [2.05, 4.69) is 60.9 Å². The molecular formula is C16H27N3S. The topological polar surface area (TPSA) is 36.4 Å². The third-order valence-corrected chi connectivity index (χ3v) is 3.76. The Kier molecular flexibility index (Phi) is 8.19. The van der Waals surface area contributed by atoms with E-state index >= 15 is 0 Å². The largest absolute Gasteiger partial charge is 0.357 e. The van der Waals surface area contributed by atoms with Crippen molar-refractivity contribution < 1.29 is 0 Å². The summed E-state index contributed by atoms with van der Waals surface area (Å²) in [4.78, 5) is 4.66. The van der Waals surface area contributed by atoms with E-state index in [4.69, 9.17) is 0 Å². The molecule has 2 N–H and O–H groups in total. The lowest BCUT2D eigenvalue weighted by atomic mass is 10.1. The molecule has 0 bridgehead atoms. The monoisotopic (exact) mass is 293 g/mol. The van der Waals surface area contributed by atoms with Gasteiger partial charge in [-0.05, 0) is 50.3 Å². The van der Waals surface area contributed by atoms with Crippen LogP contribution in [-0.4, -0.2) is 31.1 Å². The highest BCUT2D eigenvalue weighted by molar-refractivity contribution is 7.98. The van der Waals surface area contributed by atoms with Crippen molar-refractivity contribution >= 4 is 17.7 Å². The van der Waals surface area contributed by atoms with Crippen LogP contribution in [0.2, 0.25) is 0 Å². The van der Waals surface area contributed by atoms with Crippen molar-refractivity contribution in [1.29, 1.82) is 0 Å². The van der Waals surface area contributed by atoms with Crippen molar-refractivity contribution in [3.63, 3.8) is 0 Å². The maximum absolute atomic E-state index is 4.66. The number of hydrogen-bond donors (Lipinski definition) is 2. The predicted molar refractivity (Wildman–Crippen MR) is 91.7 cm³/mol. The first kappa shape index (κ1) is 16.9. The smallest absolute Gasteiger partial charge is 0.191 e. The van der Waals surface area contributed by atoms with Gasteiger partial charge in [-0.2, -0.15) is 11.8 Å². The van der Waals surface area contributed by atoms with Crippen LogP contribution in [0.5, 0.6) is 0 Å². The number of thioether (sulfide) groups is 1. The van der Waals surface area contributed by atoms with E-state index in [1.54, 1.807) is 0 Å². The zero-order valence-electron chi connectivity index (χ0n) is 13.1. The molecule has 0 radical (unpaired) electrons. The van der Waals surface area contributed by atoms with E-state index in [0.717, 1.165) is 32.0 Å². The van der Waals surface area contributed by atoms with Crippen molar-refractivity contribution in [1.82, 2.24) is 10.6 Å². The Labute approximate surface area is 127 Å². The SMILES string of the molecule is CCNC(=NCc1ccc(C)cc1C)NCCCSC. The first-order chi connectivity index (χ1) is 9.67. The molecule has 1 aromatic rings. The summed E-state index contributed by atoms with van der Waals surface area (Å²) in [5.41, 5.74) is 3.90. The first-order valence-corrected chi connectivity index (χ1v) is 8.64. The molecule has 0 fully saturated rings. The summed E-state index contributed by atoms with van der Waals surface area (Å²) in [5.74, 6) is 2.09. The zero-order chi connectivity index (χ0) is 14.8. The first-order valence-electron chi connectivity index (χ1n) is 7.24. The van der Waals surface area contributed by atoms with Crippen LogP contribution in [-0.2, 0) is 6.54 Å². The fourth-order valence-corrected chi connectivity index (χ4v) is 2.39. The number of hydrogen-bond acceptors (Lipinski definition) is 2. The Morgan fingerprint density at radius 2 is 2.05 bits per heavy atom. The van der Waals surface area contributed by atoms with E-state index < -0.39 is 0 Å². The van der Waals surface area contributed by atoms with Gasteiger partial charge in [0.15, 0.2) is 5.96 Å². The van der Waals surface area contributed by atoms with Gasteiger partial charge >= 0.3 is 0 Å². The van der Waals surface area contributed by atoms with E-state index in [1.165, 1.54) is 22.4 Å². The molecule has 1 rings (SSSR count). The molecule has 0 aromatic heterocycles. The minimum atomic E-state index is 0.726. The number of aliphatic imine (C=N–C) groups is 1. The Bertz CT molecular complexity index is 430. The number of rotatable bonds is 7. The summed E-state index contributed by atoms with van der Waals surface area (Å²) in [6.45, 7) is 8.95. The van der Waals surface area contributed by atoms with Crippen LogP contribution in [0.25, 0.3) is 0 Å². The van der Waals surface area contributed by atoms with Gasteiger partial charge in [0.25, 0.3) is 0 Å². The second-order valence-corrected chi connectivity index (χ2v) is 5.88.